The molecular weight excluding hydrogens is 429 g/mol. The van der Waals surface area contributed by atoms with Gasteiger partial charge in [-0.05, 0) is 60.8 Å². The molecule has 0 bridgehead atoms. The Morgan fingerprint density at radius 1 is 0.588 bits per heavy atom. The summed E-state index contributed by atoms with van der Waals surface area (Å²) in [6.45, 7) is 0. The summed E-state index contributed by atoms with van der Waals surface area (Å²) in [6.07, 6.45) is 14.3. The Morgan fingerprint density at radius 3 is 1.88 bits per heavy atom. The molecule has 2 aliphatic rings. The molecule has 174 valence electrons. The topological polar surface area (TPSA) is 4.93 Å². The van der Waals surface area contributed by atoms with E-state index >= 15 is 0 Å². The van der Waals surface area contributed by atoms with Crippen molar-refractivity contribution in [1.82, 2.24) is 4.57 Å². The van der Waals surface area contributed by atoms with E-state index in [-0.39, 0.29) is 7.92 Å². The smallest absolute Gasteiger partial charge is 0.0540 e. The molecule has 2 heteroatoms. The minimum absolute atomic E-state index is 0.202. The lowest BCUT2D eigenvalue weighted by atomic mass is 9.99. The van der Waals surface area contributed by atoms with Gasteiger partial charge in [0.1, 0.15) is 0 Å². The summed E-state index contributed by atoms with van der Waals surface area (Å²) in [7, 11) is -0.202. The first kappa shape index (κ1) is 22.1. The predicted octanol–water partition coefficient (Wildman–Crippen LogP) is 9.07. The highest BCUT2D eigenvalue weighted by Gasteiger charge is 2.35. The SMILES string of the molecule is c1ccc(-c2ccccc2-n2c(P(C3CCCCC3)C3CCCCC3)cc3ccccc32)cc1. The summed E-state index contributed by atoms with van der Waals surface area (Å²) < 4.78 is 2.69. The van der Waals surface area contributed by atoms with Crippen LogP contribution in [0.2, 0.25) is 0 Å². The van der Waals surface area contributed by atoms with E-state index in [4.69, 9.17) is 0 Å². The van der Waals surface area contributed by atoms with Gasteiger partial charge in [-0.3, -0.25) is 0 Å². The molecule has 6 rings (SSSR count). The summed E-state index contributed by atoms with van der Waals surface area (Å²) in [4.78, 5) is 0. The molecule has 0 atom stereocenters. The van der Waals surface area contributed by atoms with Crippen molar-refractivity contribution in [3.63, 3.8) is 0 Å². The van der Waals surface area contributed by atoms with Gasteiger partial charge in [0.25, 0.3) is 0 Å². The van der Waals surface area contributed by atoms with Crippen molar-refractivity contribution < 1.29 is 0 Å². The van der Waals surface area contributed by atoms with Crippen LogP contribution >= 0.6 is 7.92 Å². The predicted molar refractivity (Wildman–Crippen MR) is 149 cm³/mol. The first-order valence-corrected chi connectivity index (χ1v) is 14.9. The molecule has 0 N–H and O–H groups in total. The van der Waals surface area contributed by atoms with Gasteiger partial charge < -0.3 is 4.57 Å². The molecule has 0 unspecified atom stereocenters. The van der Waals surface area contributed by atoms with Gasteiger partial charge in [0, 0.05) is 16.4 Å². The molecule has 2 fully saturated rings. The van der Waals surface area contributed by atoms with Crippen molar-refractivity contribution in [2.45, 2.75) is 75.5 Å². The molecule has 0 aliphatic heterocycles. The van der Waals surface area contributed by atoms with E-state index in [1.54, 1.807) is 5.44 Å². The van der Waals surface area contributed by atoms with Crippen LogP contribution in [0.5, 0.6) is 0 Å². The van der Waals surface area contributed by atoms with Crippen molar-refractivity contribution in [2.24, 2.45) is 0 Å². The van der Waals surface area contributed by atoms with Crippen LogP contribution in [-0.2, 0) is 0 Å². The number of fused-ring (bicyclic) bond motifs is 1. The standard InChI is InChI=1S/C32H36NP/c1-4-14-25(15-5-1)29-21-11-13-23-31(29)33-30-22-12-10-16-26(30)24-32(33)34(27-17-6-2-7-18-27)28-19-8-3-9-20-28/h1,4-5,10-16,21-24,27-28H,2-3,6-9,17-20H2. The Kier molecular flexibility index (Phi) is 6.56. The number of para-hydroxylation sites is 2. The van der Waals surface area contributed by atoms with Gasteiger partial charge in [0.05, 0.1) is 11.2 Å². The Balaban J connectivity index is 1.57. The maximum Gasteiger partial charge on any atom is 0.0540 e. The van der Waals surface area contributed by atoms with Crippen LogP contribution in [-0.4, -0.2) is 15.9 Å². The third-order valence-corrected chi connectivity index (χ3v) is 11.6. The summed E-state index contributed by atoms with van der Waals surface area (Å²) in [5, 5.41) is 1.40. The second-order valence-electron chi connectivity index (χ2n) is 10.3. The van der Waals surface area contributed by atoms with Crippen molar-refractivity contribution in [2.75, 3.05) is 0 Å². The minimum Gasteiger partial charge on any atom is -0.309 e. The maximum atomic E-state index is 2.69. The van der Waals surface area contributed by atoms with Crippen molar-refractivity contribution in [1.29, 1.82) is 0 Å². The van der Waals surface area contributed by atoms with Gasteiger partial charge >= 0.3 is 0 Å². The zero-order valence-corrected chi connectivity index (χ0v) is 21.1. The van der Waals surface area contributed by atoms with Gasteiger partial charge in [-0.2, -0.15) is 0 Å². The van der Waals surface area contributed by atoms with Gasteiger partial charge in [-0.15, -0.1) is 0 Å². The lowest BCUT2D eigenvalue weighted by Gasteiger charge is -2.39. The van der Waals surface area contributed by atoms with E-state index in [2.05, 4.69) is 89.5 Å². The van der Waals surface area contributed by atoms with Crippen LogP contribution in [0, 0.1) is 0 Å². The van der Waals surface area contributed by atoms with E-state index in [0.29, 0.717) is 0 Å². The maximum absolute atomic E-state index is 2.69. The molecule has 1 heterocycles. The van der Waals surface area contributed by atoms with Crippen LogP contribution in [0.25, 0.3) is 27.7 Å². The third kappa shape index (κ3) is 4.25. The van der Waals surface area contributed by atoms with E-state index in [0.717, 1.165) is 11.3 Å². The monoisotopic (exact) mass is 465 g/mol. The Bertz CT molecular complexity index is 1210. The molecule has 0 saturated heterocycles. The second-order valence-corrected chi connectivity index (χ2v) is 13.0. The number of nitrogens with zero attached hydrogens (tertiary/aromatic N) is 1. The molecule has 0 radical (unpaired) electrons. The summed E-state index contributed by atoms with van der Waals surface area (Å²) in [5.74, 6) is 0. The van der Waals surface area contributed by atoms with E-state index in [9.17, 15) is 0 Å². The average Bonchev–Trinajstić information content (AvgIpc) is 3.29. The zero-order chi connectivity index (χ0) is 22.7. The molecule has 34 heavy (non-hydrogen) atoms. The van der Waals surface area contributed by atoms with Crippen LogP contribution in [0.1, 0.15) is 64.2 Å². The third-order valence-electron chi connectivity index (χ3n) is 8.12. The molecule has 4 aromatic rings. The normalized spacial score (nSPS) is 18.0. The molecule has 1 aromatic heterocycles. The highest BCUT2D eigenvalue weighted by Crippen LogP contribution is 2.56. The number of benzene rings is 3. The van der Waals surface area contributed by atoms with Gasteiger partial charge in [-0.25, -0.2) is 0 Å². The van der Waals surface area contributed by atoms with Gasteiger partial charge in [-0.1, -0.05) is 113 Å². The number of hydrogen-bond acceptors (Lipinski definition) is 0. The van der Waals surface area contributed by atoms with Crippen LogP contribution in [0.3, 0.4) is 0 Å². The Labute approximate surface area is 206 Å². The second kappa shape index (κ2) is 10.1. The molecule has 2 aliphatic carbocycles. The van der Waals surface area contributed by atoms with E-state index in [1.165, 1.54) is 91.9 Å². The van der Waals surface area contributed by atoms with E-state index < -0.39 is 0 Å². The fraction of sp³-hybridized carbons (Fsp3) is 0.375. The fourth-order valence-corrected chi connectivity index (χ4v) is 10.4. The Morgan fingerprint density at radius 2 is 1.18 bits per heavy atom. The highest BCUT2D eigenvalue weighted by molar-refractivity contribution is 7.66. The van der Waals surface area contributed by atoms with Crippen molar-refractivity contribution >= 4 is 24.3 Å². The van der Waals surface area contributed by atoms with Crippen molar-refractivity contribution in [3.8, 4) is 16.8 Å². The summed E-state index contributed by atoms with van der Waals surface area (Å²) in [5.41, 5.74) is 8.79. The lowest BCUT2D eigenvalue weighted by molar-refractivity contribution is 0.486. The molecule has 2 saturated carbocycles. The Hall–Kier alpha value is -2.37. The van der Waals surface area contributed by atoms with Gasteiger partial charge in [0.2, 0.25) is 0 Å². The number of rotatable bonds is 5. The van der Waals surface area contributed by atoms with E-state index in [1.807, 2.05) is 0 Å². The summed E-state index contributed by atoms with van der Waals surface area (Å²) in [6, 6.07) is 31.7. The summed E-state index contributed by atoms with van der Waals surface area (Å²) >= 11 is 0. The molecule has 0 amide bonds. The van der Waals surface area contributed by atoms with Gasteiger partial charge in [0.15, 0.2) is 0 Å². The largest absolute Gasteiger partial charge is 0.309 e. The number of aromatic nitrogens is 1. The fourth-order valence-electron chi connectivity index (χ4n) is 6.50. The molecular formula is C32H36NP. The molecule has 1 nitrogen and oxygen atoms in total. The molecule has 3 aromatic carbocycles. The number of hydrogen-bond donors (Lipinski definition) is 0. The van der Waals surface area contributed by atoms with Crippen molar-refractivity contribution in [3.05, 3.63) is 84.9 Å². The van der Waals surface area contributed by atoms with Crippen LogP contribution in [0.4, 0.5) is 0 Å². The average molecular weight is 466 g/mol. The minimum atomic E-state index is -0.202. The lowest BCUT2D eigenvalue weighted by Crippen LogP contribution is -2.29. The zero-order valence-electron chi connectivity index (χ0n) is 20.2. The van der Waals surface area contributed by atoms with Crippen LogP contribution < -0.4 is 5.44 Å². The first-order valence-electron chi connectivity index (χ1n) is 13.4. The van der Waals surface area contributed by atoms with Crippen LogP contribution in [0.15, 0.2) is 84.9 Å². The quantitative estimate of drug-likeness (QED) is 0.259. The highest BCUT2D eigenvalue weighted by atomic mass is 31.1. The first-order chi connectivity index (χ1) is 16.9. The molecule has 0 spiro atoms.